The molecule has 0 aromatic heterocycles. The van der Waals surface area contributed by atoms with Gasteiger partial charge in [0.05, 0.1) is 17.1 Å². The smallest absolute Gasteiger partial charge is 0.252 e. The highest BCUT2D eigenvalue weighted by atomic mass is 35.5. The number of benzene rings is 1. The maximum Gasteiger partial charge on any atom is 0.252 e. The van der Waals surface area contributed by atoms with E-state index in [9.17, 15) is 14.0 Å². The maximum atomic E-state index is 13.6. The van der Waals surface area contributed by atoms with Gasteiger partial charge in [0.1, 0.15) is 11.9 Å². The average molecular weight is 285 g/mol. The molecule has 0 saturated carbocycles. The van der Waals surface area contributed by atoms with E-state index < -0.39 is 11.9 Å². The Kier molecular flexibility index (Phi) is 4.04. The van der Waals surface area contributed by atoms with Gasteiger partial charge in [0.25, 0.3) is 5.91 Å². The van der Waals surface area contributed by atoms with Gasteiger partial charge in [-0.1, -0.05) is 24.6 Å². The molecule has 2 rings (SSSR count). The second-order valence-corrected chi connectivity index (χ2v) is 4.79. The van der Waals surface area contributed by atoms with Crippen molar-refractivity contribution in [3.63, 3.8) is 0 Å². The van der Waals surface area contributed by atoms with Crippen molar-refractivity contribution in [2.24, 2.45) is 0 Å². The molecule has 1 fully saturated rings. The van der Waals surface area contributed by atoms with E-state index in [2.05, 4.69) is 5.32 Å². The molecule has 2 amide bonds. The predicted molar refractivity (Wildman–Crippen MR) is 70.4 cm³/mol. The van der Waals surface area contributed by atoms with Gasteiger partial charge < -0.3 is 5.32 Å². The SMILES string of the molecule is CCCN1C(=O)CC(Nc2c(F)cccc2Cl)C1=O. The Morgan fingerprint density at radius 3 is 2.84 bits per heavy atom. The molecule has 1 aromatic rings. The van der Waals surface area contributed by atoms with Crippen molar-refractivity contribution >= 4 is 29.1 Å². The molecule has 1 unspecified atom stereocenters. The summed E-state index contributed by atoms with van der Waals surface area (Å²) < 4.78 is 13.6. The second-order valence-electron chi connectivity index (χ2n) is 4.38. The Morgan fingerprint density at radius 2 is 2.21 bits per heavy atom. The van der Waals surface area contributed by atoms with Gasteiger partial charge in [-0.25, -0.2) is 4.39 Å². The molecule has 1 heterocycles. The highest BCUT2D eigenvalue weighted by Crippen LogP contribution is 2.27. The Bertz CT molecular complexity index is 501. The van der Waals surface area contributed by atoms with Crippen LogP contribution in [-0.2, 0) is 9.59 Å². The first-order valence-corrected chi connectivity index (χ1v) is 6.47. The van der Waals surface area contributed by atoms with E-state index in [4.69, 9.17) is 11.6 Å². The summed E-state index contributed by atoms with van der Waals surface area (Å²) in [5, 5.41) is 2.92. The highest BCUT2D eigenvalue weighted by Gasteiger charge is 2.38. The van der Waals surface area contributed by atoms with E-state index in [1.165, 1.54) is 23.1 Å². The molecule has 1 atom stereocenters. The molecule has 6 heteroatoms. The number of anilines is 1. The van der Waals surface area contributed by atoms with Crippen LogP contribution >= 0.6 is 11.6 Å². The quantitative estimate of drug-likeness (QED) is 0.864. The molecule has 1 saturated heterocycles. The van der Waals surface area contributed by atoms with Crippen LogP contribution in [0.1, 0.15) is 19.8 Å². The Hall–Kier alpha value is -1.62. The van der Waals surface area contributed by atoms with Gasteiger partial charge >= 0.3 is 0 Å². The third-order valence-electron chi connectivity index (χ3n) is 2.97. The zero-order valence-corrected chi connectivity index (χ0v) is 11.2. The first-order valence-electron chi connectivity index (χ1n) is 6.09. The molecule has 1 N–H and O–H groups in total. The van der Waals surface area contributed by atoms with Crippen LogP contribution in [0.5, 0.6) is 0 Å². The molecule has 19 heavy (non-hydrogen) atoms. The largest absolute Gasteiger partial charge is 0.370 e. The van der Waals surface area contributed by atoms with Gasteiger partial charge in [0, 0.05) is 6.54 Å². The molecule has 4 nitrogen and oxygen atoms in total. The van der Waals surface area contributed by atoms with Gasteiger partial charge in [-0.2, -0.15) is 0 Å². The van der Waals surface area contributed by atoms with Crippen LogP contribution in [0.2, 0.25) is 5.02 Å². The Balaban J connectivity index is 2.17. The van der Waals surface area contributed by atoms with Crippen molar-refractivity contribution in [2.45, 2.75) is 25.8 Å². The lowest BCUT2D eigenvalue weighted by atomic mass is 10.2. The van der Waals surface area contributed by atoms with Crippen molar-refractivity contribution in [1.82, 2.24) is 4.90 Å². The fourth-order valence-corrected chi connectivity index (χ4v) is 2.28. The van der Waals surface area contributed by atoms with E-state index in [0.717, 1.165) is 0 Å². The summed E-state index contributed by atoms with van der Waals surface area (Å²) in [4.78, 5) is 24.9. The normalized spacial score (nSPS) is 19.1. The lowest BCUT2D eigenvalue weighted by Crippen LogP contribution is -2.35. The van der Waals surface area contributed by atoms with Crippen LogP contribution in [0.4, 0.5) is 10.1 Å². The average Bonchev–Trinajstić information content (AvgIpc) is 2.62. The number of nitrogens with one attached hydrogen (secondary N) is 1. The fourth-order valence-electron chi connectivity index (χ4n) is 2.06. The first kappa shape index (κ1) is 13.8. The predicted octanol–water partition coefficient (Wildman–Crippen LogP) is 2.43. The number of hydrogen-bond donors (Lipinski definition) is 1. The summed E-state index contributed by atoms with van der Waals surface area (Å²) in [7, 11) is 0. The van der Waals surface area contributed by atoms with Gasteiger partial charge in [0.15, 0.2) is 0 Å². The van der Waals surface area contributed by atoms with Gasteiger partial charge in [0.2, 0.25) is 5.91 Å². The van der Waals surface area contributed by atoms with Crippen LogP contribution in [-0.4, -0.2) is 29.3 Å². The molecule has 1 aliphatic heterocycles. The highest BCUT2D eigenvalue weighted by molar-refractivity contribution is 6.33. The minimum absolute atomic E-state index is 0.0312. The van der Waals surface area contributed by atoms with Crippen LogP contribution in [0, 0.1) is 5.82 Å². The number of para-hydroxylation sites is 1. The number of imide groups is 1. The van der Waals surface area contributed by atoms with E-state index in [-0.39, 0.29) is 28.9 Å². The molecule has 1 aliphatic rings. The molecule has 0 bridgehead atoms. The minimum atomic E-state index is -0.742. The molecular formula is C13H14ClFN2O2. The lowest BCUT2D eigenvalue weighted by Gasteiger charge is -2.16. The van der Waals surface area contributed by atoms with Crippen molar-refractivity contribution in [3.8, 4) is 0 Å². The van der Waals surface area contributed by atoms with Gasteiger partial charge in [-0.05, 0) is 18.6 Å². The standard InChI is InChI=1S/C13H14ClFN2O2/c1-2-6-17-11(18)7-10(13(17)19)16-12-8(14)4-3-5-9(12)15/h3-5,10,16H,2,6-7H2,1H3. The van der Waals surface area contributed by atoms with Crippen LogP contribution in [0.25, 0.3) is 0 Å². The van der Waals surface area contributed by atoms with E-state index in [1.807, 2.05) is 6.92 Å². The molecular weight excluding hydrogens is 271 g/mol. The number of halogens is 2. The lowest BCUT2D eigenvalue weighted by molar-refractivity contribution is -0.138. The van der Waals surface area contributed by atoms with Crippen molar-refractivity contribution in [2.75, 3.05) is 11.9 Å². The van der Waals surface area contributed by atoms with Crippen LogP contribution < -0.4 is 5.32 Å². The second kappa shape index (κ2) is 5.57. The summed E-state index contributed by atoms with van der Waals surface area (Å²) in [5.41, 5.74) is 0.0636. The molecule has 0 aliphatic carbocycles. The molecule has 1 aromatic carbocycles. The number of hydrogen-bond acceptors (Lipinski definition) is 3. The van der Waals surface area contributed by atoms with Crippen molar-refractivity contribution in [3.05, 3.63) is 29.0 Å². The third-order valence-corrected chi connectivity index (χ3v) is 3.29. The van der Waals surface area contributed by atoms with Gasteiger partial charge in [-0.3, -0.25) is 14.5 Å². The minimum Gasteiger partial charge on any atom is -0.370 e. The molecule has 0 spiro atoms. The summed E-state index contributed by atoms with van der Waals surface area (Å²) in [5.74, 6) is -1.11. The summed E-state index contributed by atoms with van der Waals surface area (Å²) in [6.45, 7) is 2.27. The number of amides is 2. The Morgan fingerprint density at radius 1 is 1.47 bits per heavy atom. The number of likely N-dealkylation sites (tertiary alicyclic amines) is 1. The topological polar surface area (TPSA) is 49.4 Å². The summed E-state index contributed by atoms with van der Waals surface area (Å²) in [6.07, 6.45) is 0.730. The first-order chi connectivity index (χ1) is 9.04. The number of rotatable bonds is 4. The van der Waals surface area contributed by atoms with Crippen molar-refractivity contribution < 1.29 is 14.0 Å². The molecule has 0 radical (unpaired) electrons. The van der Waals surface area contributed by atoms with Gasteiger partial charge in [-0.15, -0.1) is 0 Å². The van der Waals surface area contributed by atoms with E-state index in [1.54, 1.807) is 0 Å². The fraction of sp³-hybridized carbons (Fsp3) is 0.385. The van der Waals surface area contributed by atoms with E-state index in [0.29, 0.717) is 13.0 Å². The number of carbonyl (C=O) groups excluding carboxylic acids is 2. The zero-order valence-electron chi connectivity index (χ0n) is 10.5. The van der Waals surface area contributed by atoms with E-state index >= 15 is 0 Å². The maximum absolute atomic E-state index is 13.6. The third kappa shape index (κ3) is 2.71. The Labute approximate surface area is 115 Å². The zero-order chi connectivity index (χ0) is 14.0. The van der Waals surface area contributed by atoms with Crippen molar-refractivity contribution in [1.29, 1.82) is 0 Å². The monoisotopic (exact) mass is 284 g/mol. The van der Waals surface area contributed by atoms with Crippen LogP contribution in [0.15, 0.2) is 18.2 Å². The summed E-state index contributed by atoms with van der Waals surface area (Å²) >= 11 is 5.88. The number of nitrogens with zero attached hydrogens (tertiary/aromatic N) is 1. The molecule has 102 valence electrons. The number of carbonyl (C=O) groups is 2. The summed E-state index contributed by atoms with van der Waals surface area (Å²) in [6, 6.07) is 3.51. The van der Waals surface area contributed by atoms with Crippen LogP contribution in [0.3, 0.4) is 0 Å².